The Kier molecular flexibility index (Phi) is 6.47. The molecule has 1 heterocycles. The summed E-state index contributed by atoms with van der Waals surface area (Å²) in [6, 6.07) is 6.81. The summed E-state index contributed by atoms with van der Waals surface area (Å²) >= 11 is 5.74. The number of nitrogens with zero attached hydrogens (tertiary/aromatic N) is 2. The second-order valence-corrected chi connectivity index (χ2v) is 6.03. The van der Waals surface area contributed by atoms with Crippen molar-refractivity contribution in [3.8, 4) is 11.3 Å². The molecule has 0 N–H and O–H groups in total. The molecule has 0 spiro atoms. The molecular weight excluding hydrogens is 357 g/mol. The fourth-order valence-electron chi connectivity index (χ4n) is 2.39. The number of rotatable bonds is 2. The maximum absolute atomic E-state index is 12.4. The van der Waals surface area contributed by atoms with Crippen LogP contribution in [0.1, 0.15) is 44.7 Å². The molecule has 0 aliphatic heterocycles. The Morgan fingerprint density at radius 3 is 2.24 bits per heavy atom. The highest BCUT2D eigenvalue weighted by Gasteiger charge is 2.35. The second kappa shape index (κ2) is 8.38. The lowest BCUT2D eigenvalue weighted by Crippen LogP contribution is -2.16. The van der Waals surface area contributed by atoms with Crippen LogP contribution in [0.4, 0.5) is 18.9 Å². The number of benzene rings is 1. The number of amides is 1. The summed E-state index contributed by atoms with van der Waals surface area (Å²) in [5.41, 5.74) is -0.466. The van der Waals surface area contributed by atoms with Crippen LogP contribution in [0.15, 0.2) is 34.9 Å². The van der Waals surface area contributed by atoms with Crippen molar-refractivity contribution < 1.29 is 22.5 Å². The number of alkyl halides is 3. The Morgan fingerprint density at radius 2 is 1.76 bits per heavy atom. The monoisotopic (exact) mass is 374 g/mol. The van der Waals surface area contributed by atoms with Crippen LogP contribution in [0.25, 0.3) is 11.3 Å². The number of hydrogen-bond acceptors (Lipinski definition) is 3. The Bertz CT molecular complexity index is 704. The lowest BCUT2D eigenvalue weighted by atomic mass is 10.1. The van der Waals surface area contributed by atoms with E-state index in [9.17, 15) is 18.0 Å². The van der Waals surface area contributed by atoms with Crippen molar-refractivity contribution in [2.75, 3.05) is 4.42 Å². The Labute approximate surface area is 148 Å². The van der Waals surface area contributed by atoms with Crippen LogP contribution >= 0.6 is 11.8 Å². The van der Waals surface area contributed by atoms with E-state index in [1.54, 1.807) is 12.1 Å². The molecule has 1 aromatic carbocycles. The highest BCUT2D eigenvalue weighted by molar-refractivity contribution is 6.36. The predicted molar refractivity (Wildman–Crippen MR) is 89.0 cm³/mol. The molecule has 1 saturated carbocycles. The molecule has 0 saturated heterocycles. The van der Waals surface area contributed by atoms with Gasteiger partial charge >= 0.3 is 6.18 Å². The maximum Gasteiger partial charge on any atom is 0.436 e. The highest BCUT2D eigenvalue weighted by atomic mass is 35.5. The first kappa shape index (κ1) is 19.3. The van der Waals surface area contributed by atoms with Crippen molar-refractivity contribution >= 4 is 23.4 Å². The number of carbonyl (C=O) groups excluding carboxylic acids is 1. The molecule has 136 valence electrons. The first-order valence-electron chi connectivity index (χ1n) is 7.90. The molecule has 1 fully saturated rings. The number of hydrogen-bond donors (Lipinski definition) is 0. The van der Waals surface area contributed by atoms with Crippen LogP contribution in [-0.2, 0) is 11.0 Å². The molecule has 0 radical (unpaired) electrons. The van der Waals surface area contributed by atoms with Crippen molar-refractivity contribution in [1.29, 1.82) is 0 Å². The van der Waals surface area contributed by atoms with Crippen molar-refractivity contribution in [3.05, 3.63) is 36.0 Å². The van der Waals surface area contributed by atoms with Gasteiger partial charge in [-0.15, -0.1) is 0 Å². The summed E-state index contributed by atoms with van der Waals surface area (Å²) in [6.45, 7) is 1.26. The Hall–Kier alpha value is -2.02. The molecule has 2 aromatic rings. The van der Waals surface area contributed by atoms with Gasteiger partial charge in [-0.1, -0.05) is 49.4 Å². The Morgan fingerprint density at radius 1 is 1.16 bits per heavy atom. The van der Waals surface area contributed by atoms with E-state index in [1.165, 1.54) is 51.2 Å². The van der Waals surface area contributed by atoms with Crippen molar-refractivity contribution in [2.45, 2.75) is 45.2 Å². The zero-order valence-corrected chi connectivity index (χ0v) is 14.4. The molecule has 0 unspecified atom stereocenters. The first-order valence-corrected chi connectivity index (χ1v) is 8.23. The van der Waals surface area contributed by atoms with E-state index in [-0.39, 0.29) is 5.76 Å². The van der Waals surface area contributed by atoms with Gasteiger partial charge in [-0.05, 0) is 12.1 Å². The van der Waals surface area contributed by atoms with Gasteiger partial charge in [0.25, 0.3) is 0 Å². The van der Waals surface area contributed by atoms with Gasteiger partial charge in [0.15, 0.2) is 11.5 Å². The topological polar surface area (TPSA) is 46.3 Å². The van der Waals surface area contributed by atoms with Gasteiger partial charge in [0, 0.05) is 30.3 Å². The zero-order chi connectivity index (χ0) is 18.4. The van der Waals surface area contributed by atoms with Gasteiger partial charge < -0.3 is 4.52 Å². The minimum atomic E-state index is -4.57. The van der Waals surface area contributed by atoms with E-state index in [1.807, 2.05) is 0 Å². The number of aromatic nitrogens is 1. The summed E-state index contributed by atoms with van der Waals surface area (Å²) in [4.78, 5) is 11.1. The van der Waals surface area contributed by atoms with Gasteiger partial charge in [-0.3, -0.25) is 4.79 Å². The molecule has 25 heavy (non-hydrogen) atoms. The van der Waals surface area contributed by atoms with Crippen molar-refractivity contribution in [2.24, 2.45) is 0 Å². The normalized spacial score (nSPS) is 14.0. The summed E-state index contributed by atoms with van der Waals surface area (Å²) in [7, 11) is 0. The average Bonchev–Trinajstić information content (AvgIpc) is 3.27. The van der Waals surface area contributed by atoms with E-state index in [0.29, 0.717) is 11.3 Å². The van der Waals surface area contributed by atoms with Crippen LogP contribution in [0.5, 0.6) is 0 Å². The zero-order valence-electron chi connectivity index (χ0n) is 13.6. The van der Waals surface area contributed by atoms with Crippen molar-refractivity contribution in [3.63, 3.8) is 0 Å². The summed E-state index contributed by atoms with van der Waals surface area (Å²) < 4.78 is 42.8. The van der Waals surface area contributed by atoms with Crippen LogP contribution < -0.4 is 4.42 Å². The molecule has 4 nitrogen and oxygen atoms in total. The number of anilines is 1. The first-order chi connectivity index (χ1) is 11.8. The third-order valence-corrected chi connectivity index (χ3v) is 4.12. The maximum atomic E-state index is 12.4. The third-order valence-electron chi connectivity index (χ3n) is 3.68. The van der Waals surface area contributed by atoms with E-state index >= 15 is 0 Å². The highest BCUT2D eigenvalue weighted by Crippen LogP contribution is 2.32. The largest absolute Gasteiger partial charge is 0.436 e. The minimum absolute atomic E-state index is 0.0622. The van der Waals surface area contributed by atoms with Crippen LogP contribution in [-0.4, -0.2) is 11.1 Å². The SMILES string of the molecule is C1CCCC1.CC(=O)N(Cl)c1cccc(-c2cc(C(F)(F)F)no2)c1. The lowest BCUT2D eigenvalue weighted by Gasteiger charge is -2.11. The smallest absolute Gasteiger partial charge is 0.356 e. The van der Waals surface area contributed by atoms with E-state index < -0.39 is 17.8 Å². The van der Waals surface area contributed by atoms with Crippen LogP contribution in [0.2, 0.25) is 0 Å². The fourth-order valence-corrected chi connectivity index (χ4v) is 2.50. The van der Waals surface area contributed by atoms with Gasteiger partial charge in [-0.2, -0.15) is 13.2 Å². The molecule has 1 aromatic heterocycles. The standard InChI is InChI=1S/C12H8ClF3N2O2.C5H10/c1-7(19)18(13)9-4-2-3-8(5-9)10-6-11(17-20-10)12(14,15)16;1-2-4-5-3-1/h2-6H,1H3;1-5H2. The molecule has 0 bridgehead atoms. The Balaban J connectivity index is 0.000000386. The minimum Gasteiger partial charge on any atom is -0.356 e. The third kappa shape index (κ3) is 5.49. The quantitative estimate of drug-likeness (QED) is 0.622. The molecule has 0 atom stereocenters. The van der Waals surface area contributed by atoms with E-state index in [0.717, 1.165) is 10.5 Å². The van der Waals surface area contributed by atoms with Crippen LogP contribution in [0.3, 0.4) is 0 Å². The predicted octanol–water partition coefficient (Wildman–Crippen LogP) is 5.82. The van der Waals surface area contributed by atoms with Gasteiger partial charge in [-0.25, -0.2) is 4.42 Å². The lowest BCUT2D eigenvalue weighted by molar-refractivity contribution is -0.142. The summed E-state index contributed by atoms with van der Waals surface area (Å²) in [6.07, 6.45) is 2.93. The average molecular weight is 375 g/mol. The molecule has 3 rings (SSSR count). The molecule has 8 heteroatoms. The van der Waals surface area contributed by atoms with Gasteiger partial charge in [0.2, 0.25) is 5.91 Å². The summed E-state index contributed by atoms with van der Waals surface area (Å²) in [5, 5.41) is 2.96. The molecular formula is C17H18ClF3N2O2. The van der Waals surface area contributed by atoms with Crippen molar-refractivity contribution in [1.82, 2.24) is 5.16 Å². The van der Waals surface area contributed by atoms with E-state index in [4.69, 9.17) is 11.8 Å². The molecule has 1 amide bonds. The van der Waals surface area contributed by atoms with Gasteiger partial charge in [0.1, 0.15) is 0 Å². The fraction of sp³-hybridized carbons (Fsp3) is 0.412. The molecule has 1 aliphatic carbocycles. The number of halogens is 4. The molecule has 1 aliphatic rings. The summed E-state index contributed by atoms with van der Waals surface area (Å²) in [5.74, 6) is -0.481. The number of carbonyl (C=O) groups is 1. The van der Waals surface area contributed by atoms with Crippen LogP contribution in [0, 0.1) is 0 Å². The van der Waals surface area contributed by atoms with E-state index in [2.05, 4.69) is 9.68 Å². The van der Waals surface area contributed by atoms with Gasteiger partial charge in [0.05, 0.1) is 5.69 Å². The second-order valence-electron chi connectivity index (χ2n) is 5.69.